The van der Waals surface area contributed by atoms with Crippen molar-refractivity contribution in [3.8, 4) is 5.75 Å². The second-order valence-electron chi connectivity index (χ2n) is 4.12. The molecule has 0 unspecified atom stereocenters. The van der Waals surface area contributed by atoms with Gasteiger partial charge in [-0.1, -0.05) is 17.7 Å². The first-order valence-electron chi connectivity index (χ1n) is 6.06. The van der Waals surface area contributed by atoms with Crippen LogP contribution in [0.3, 0.4) is 0 Å². The van der Waals surface area contributed by atoms with E-state index in [0.717, 1.165) is 16.0 Å². The Labute approximate surface area is 125 Å². The van der Waals surface area contributed by atoms with Gasteiger partial charge in [-0.3, -0.25) is 0 Å². The van der Waals surface area contributed by atoms with Gasteiger partial charge in [0.05, 0.1) is 5.39 Å². The average Bonchev–Trinajstić information content (AvgIpc) is 2.92. The van der Waals surface area contributed by atoms with Gasteiger partial charge in [0.1, 0.15) is 23.0 Å². The van der Waals surface area contributed by atoms with E-state index in [1.807, 2.05) is 36.7 Å². The van der Waals surface area contributed by atoms with E-state index in [4.69, 9.17) is 16.3 Å². The Morgan fingerprint density at radius 3 is 3.00 bits per heavy atom. The van der Waals surface area contributed by atoms with Gasteiger partial charge in [0.2, 0.25) is 0 Å². The summed E-state index contributed by atoms with van der Waals surface area (Å²) in [5.74, 6) is 2.17. The standard InChI is InChI=1S/C14H12ClN3OS/c1-16-13-11-5-6-20-14(11)18-12(17-13)8-19-10-4-2-3-9(15)7-10/h2-7H,8H2,1H3,(H,16,17,18). The number of hydrogen-bond acceptors (Lipinski definition) is 5. The van der Waals surface area contributed by atoms with Crippen LogP contribution in [-0.4, -0.2) is 17.0 Å². The van der Waals surface area contributed by atoms with Gasteiger partial charge in [-0.05, 0) is 29.6 Å². The first-order chi connectivity index (χ1) is 9.76. The van der Waals surface area contributed by atoms with Crippen LogP contribution in [0.2, 0.25) is 5.02 Å². The lowest BCUT2D eigenvalue weighted by Crippen LogP contribution is -2.04. The monoisotopic (exact) mass is 305 g/mol. The lowest BCUT2D eigenvalue weighted by atomic mass is 10.3. The summed E-state index contributed by atoms with van der Waals surface area (Å²) in [7, 11) is 1.85. The molecule has 0 saturated heterocycles. The summed E-state index contributed by atoms with van der Waals surface area (Å²) in [5.41, 5.74) is 0. The van der Waals surface area contributed by atoms with E-state index in [1.165, 1.54) is 0 Å². The third kappa shape index (κ3) is 2.69. The smallest absolute Gasteiger partial charge is 0.169 e. The number of halogens is 1. The molecule has 3 aromatic rings. The molecule has 0 aliphatic carbocycles. The van der Waals surface area contributed by atoms with Crippen molar-refractivity contribution in [3.05, 3.63) is 46.6 Å². The van der Waals surface area contributed by atoms with Crippen LogP contribution in [0.15, 0.2) is 35.7 Å². The molecule has 2 heterocycles. The second kappa shape index (κ2) is 5.64. The van der Waals surface area contributed by atoms with Gasteiger partial charge < -0.3 is 10.1 Å². The number of fused-ring (bicyclic) bond motifs is 1. The Morgan fingerprint density at radius 2 is 2.20 bits per heavy atom. The molecule has 1 aromatic carbocycles. The number of rotatable bonds is 4. The molecule has 0 spiro atoms. The molecule has 3 rings (SSSR count). The molecule has 0 radical (unpaired) electrons. The van der Waals surface area contributed by atoms with Crippen molar-refractivity contribution in [1.82, 2.24) is 9.97 Å². The van der Waals surface area contributed by atoms with Crippen LogP contribution in [0, 0.1) is 0 Å². The van der Waals surface area contributed by atoms with Crippen LogP contribution in [0.4, 0.5) is 5.82 Å². The number of nitrogens with one attached hydrogen (secondary N) is 1. The summed E-state index contributed by atoms with van der Waals surface area (Å²) < 4.78 is 5.67. The minimum absolute atomic E-state index is 0.308. The van der Waals surface area contributed by atoms with Gasteiger partial charge in [0.25, 0.3) is 0 Å². The molecule has 102 valence electrons. The maximum absolute atomic E-state index is 5.92. The normalized spacial score (nSPS) is 10.7. The molecule has 0 atom stereocenters. The first-order valence-corrected chi connectivity index (χ1v) is 7.32. The van der Waals surface area contributed by atoms with E-state index in [9.17, 15) is 0 Å². The van der Waals surface area contributed by atoms with Gasteiger partial charge in [0.15, 0.2) is 5.82 Å². The quantitative estimate of drug-likeness (QED) is 0.792. The van der Waals surface area contributed by atoms with Crippen molar-refractivity contribution in [2.75, 3.05) is 12.4 Å². The Bertz CT molecular complexity index is 744. The highest BCUT2D eigenvalue weighted by molar-refractivity contribution is 7.16. The predicted molar refractivity (Wildman–Crippen MR) is 82.7 cm³/mol. The van der Waals surface area contributed by atoms with Gasteiger partial charge in [-0.25, -0.2) is 9.97 Å². The fourth-order valence-electron chi connectivity index (χ4n) is 1.86. The molecular formula is C14H12ClN3OS. The lowest BCUT2D eigenvalue weighted by Gasteiger charge is -2.07. The molecule has 0 amide bonds. The fraction of sp³-hybridized carbons (Fsp3) is 0.143. The minimum Gasteiger partial charge on any atom is -0.486 e. The van der Waals surface area contributed by atoms with E-state index in [-0.39, 0.29) is 0 Å². The summed E-state index contributed by atoms with van der Waals surface area (Å²) in [5, 5.41) is 6.76. The number of anilines is 1. The average molecular weight is 306 g/mol. The van der Waals surface area contributed by atoms with E-state index >= 15 is 0 Å². The summed E-state index contributed by atoms with van der Waals surface area (Å²) in [6.07, 6.45) is 0. The Kier molecular flexibility index (Phi) is 3.71. The van der Waals surface area contributed by atoms with Crippen molar-refractivity contribution in [1.29, 1.82) is 0 Å². The number of hydrogen-bond donors (Lipinski definition) is 1. The molecule has 2 aromatic heterocycles. The van der Waals surface area contributed by atoms with Gasteiger partial charge in [-0.2, -0.15) is 0 Å². The molecule has 0 fully saturated rings. The van der Waals surface area contributed by atoms with E-state index in [2.05, 4.69) is 15.3 Å². The van der Waals surface area contributed by atoms with Gasteiger partial charge in [0, 0.05) is 12.1 Å². The van der Waals surface area contributed by atoms with Crippen LogP contribution in [0.25, 0.3) is 10.2 Å². The number of benzene rings is 1. The van der Waals surface area contributed by atoms with E-state index in [1.54, 1.807) is 17.4 Å². The third-order valence-electron chi connectivity index (χ3n) is 2.77. The summed E-state index contributed by atoms with van der Waals surface area (Å²) in [6.45, 7) is 0.308. The summed E-state index contributed by atoms with van der Waals surface area (Å²) >= 11 is 7.51. The zero-order chi connectivity index (χ0) is 13.9. The molecule has 0 aliphatic rings. The lowest BCUT2D eigenvalue weighted by molar-refractivity contribution is 0.296. The van der Waals surface area contributed by atoms with Crippen LogP contribution < -0.4 is 10.1 Å². The second-order valence-corrected chi connectivity index (χ2v) is 5.45. The van der Waals surface area contributed by atoms with E-state index in [0.29, 0.717) is 23.2 Å². The van der Waals surface area contributed by atoms with Crippen molar-refractivity contribution < 1.29 is 4.74 Å². The van der Waals surface area contributed by atoms with Crippen LogP contribution >= 0.6 is 22.9 Å². The topological polar surface area (TPSA) is 47.0 Å². The van der Waals surface area contributed by atoms with E-state index < -0.39 is 0 Å². The van der Waals surface area contributed by atoms with Crippen molar-refractivity contribution in [2.24, 2.45) is 0 Å². The molecule has 20 heavy (non-hydrogen) atoms. The van der Waals surface area contributed by atoms with Gasteiger partial charge in [-0.15, -0.1) is 11.3 Å². The van der Waals surface area contributed by atoms with Gasteiger partial charge >= 0.3 is 0 Å². The third-order valence-corrected chi connectivity index (χ3v) is 3.81. The maximum Gasteiger partial charge on any atom is 0.169 e. The first kappa shape index (κ1) is 13.1. The number of thiophene rings is 1. The molecule has 1 N–H and O–H groups in total. The molecule has 0 bridgehead atoms. The minimum atomic E-state index is 0.308. The highest BCUT2D eigenvalue weighted by Crippen LogP contribution is 2.25. The van der Waals surface area contributed by atoms with Crippen LogP contribution in [-0.2, 0) is 6.61 Å². The number of aromatic nitrogens is 2. The maximum atomic E-state index is 5.92. The van der Waals surface area contributed by atoms with Crippen molar-refractivity contribution in [2.45, 2.75) is 6.61 Å². The Morgan fingerprint density at radius 1 is 1.30 bits per heavy atom. The molecule has 0 aliphatic heterocycles. The molecule has 6 heteroatoms. The zero-order valence-electron chi connectivity index (χ0n) is 10.8. The highest BCUT2D eigenvalue weighted by atomic mass is 35.5. The summed E-state index contributed by atoms with van der Waals surface area (Å²) in [6, 6.07) is 9.29. The largest absolute Gasteiger partial charge is 0.486 e. The Hall–Kier alpha value is -1.85. The van der Waals surface area contributed by atoms with Crippen molar-refractivity contribution in [3.63, 3.8) is 0 Å². The number of nitrogens with zero attached hydrogens (tertiary/aromatic N) is 2. The predicted octanol–water partition coefficient (Wildman–Crippen LogP) is 3.97. The fourth-order valence-corrected chi connectivity index (χ4v) is 2.82. The van der Waals surface area contributed by atoms with Crippen LogP contribution in [0.1, 0.15) is 5.82 Å². The zero-order valence-corrected chi connectivity index (χ0v) is 12.3. The number of ether oxygens (including phenoxy) is 1. The molecule has 4 nitrogen and oxygen atoms in total. The molecular weight excluding hydrogens is 294 g/mol. The van der Waals surface area contributed by atoms with Crippen molar-refractivity contribution >= 4 is 39.0 Å². The van der Waals surface area contributed by atoms with Crippen LogP contribution in [0.5, 0.6) is 5.75 Å². The SMILES string of the molecule is CNc1nc(COc2cccc(Cl)c2)nc2sccc12. The molecule has 0 saturated carbocycles. The Balaban J connectivity index is 1.83. The highest BCUT2D eigenvalue weighted by Gasteiger charge is 2.08. The summed E-state index contributed by atoms with van der Waals surface area (Å²) in [4.78, 5) is 9.90.